The van der Waals surface area contributed by atoms with Crippen molar-refractivity contribution in [2.24, 2.45) is 0 Å². The number of hydrogen-bond donors (Lipinski definition) is 1. The third-order valence-electron chi connectivity index (χ3n) is 4.98. The van der Waals surface area contributed by atoms with Gasteiger partial charge in [-0.3, -0.25) is 14.8 Å². The van der Waals surface area contributed by atoms with E-state index in [0.717, 1.165) is 11.1 Å². The van der Waals surface area contributed by atoms with Gasteiger partial charge in [0.15, 0.2) is 0 Å². The molecule has 0 spiro atoms. The van der Waals surface area contributed by atoms with E-state index in [-0.39, 0.29) is 26.8 Å². The van der Waals surface area contributed by atoms with E-state index >= 15 is 0 Å². The van der Waals surface area contributed by atoms with Crippen molar-refractivity contribution in [2.75, 3.05) is 0 Å². The van der Waals surface area contributed by atoms with Gasteiger partial charge >= 0.3 is 0 Å². The molecule has 1 unspecified atom stereocenters. The molecular formula is C22H17NO5S. The van der Waals surface area contributed by atoms with Crippen molar-refractivity contribution < 1.29 is 23.2 Å². The number of benzene rings is 3. The Labute approximate surface area is 167 Å². The van der Waals surface area contributed by atoms with Crippen LogP contribution in [0, 0.1) is 0 Å². The summed E-state index contributed by atoms with van der Waals surface area (Å²) >= 11 is 0. The van der Waals surface area contributed by atoms with Crippen LogP contribution in [0.15, 0.2) is 88.7 Å². The summed E-state index contributed by atoms with van der Waals surface area (Å²) in [6, 6.07) is 22.1. The molecule has 2 amide bonds. The van der Waals surface area contributed by atoms with Gasteiger partial charge in [0.05, 0.1) is 15.7 Å². The van der Waals surface area contributed by atoms with E-state index in [1.165, 1.54) is 24.3 Å². The lowest BCUT2D eigenvalue weighted by atomic mass is 9.98. The predicted molar refractivity (Wildman–Crippen MR) is 105 cm³/mol. The minimum Gasteiger partial charge on any atom is -0.278 e. The zero-order chi connectivity index (χ0) is 20.6. The fourth-order valence-electron chi connectivity index (χ4n) is 3.46. The van der Waals surface area contributed by atoms with Gasteiger partial charge in [-0.15, -0.1) is 0 Å². The Balaban J connectivity index is 1.74. The minimum absolute atomic E-state index is 0.0473. The van der Waals surface area contributed by atoms with Crippen LogP contribution in [0.25, 0.3) is 11.1 Å². The number of sulfone groups is 1. The lowest BCUT2D eigenvalue weighted by Crippen LogP contribution is -2.26. The number of carbonyl (C=O) groups excluding carboxylic acids is 2. The Morgan fingerprint density at radius 1 is 0.793 bits per heavy atom. The molecule has 1 aliphatic rings. The maximum atomic E-state index is 13.3. The fraction of sp³-hybridized carbons (Fsp3) is 0.0909. The van der Waals surface area contributed by atoms with Crippen molar-refractivity contribution in [3.05, 3.63) is 84.4 Å². The molecule has 0 radical (unpaired) electrons. The highest BCUT2D eigenvalue weighted by molar-refractivity contribution is 7.91. The van der Waals surface area contributed by atoms with Crippen molar-refractivity contribution in [1.82, 2.24) is 5.06 Å². The Bertz CT molecular complexity index is 1190. The van der Waals surface area contributed by atoms with Crippen LogP contribution in [0.4, 0.5) is 0 Å². The molecule has 7 heteroatoms. The summed E-state index contributed by atoms with van der Waals surface area (Å²) in [5.74, 6) is -2.60. The number of amides is 2. The largest absolute Gasteiger partial charge is 0.278 e. The monoisotopic (exact) mass is 407 g/mol. The van der Waals surface area contributed by atoms with E-state index in [2.05, 4.69) is 0 Å². The molecule has 1 aliphatic heterocycles. The standard InChI is InChI=1S/C22H17NO5S/c24-21-14-19(22(25)23(21)26)18-8-4-5-9-20(18)29(27,28)17-12-10-16(11-13-17)15-6-2-1-3-7-15/h1-13,19,26H,14H2. The first kappa shape index (κ1) is 19.0. The number of imide groups is 1. The quantitative estimate of drug-likeness (QED) is 0.529. The normalized spacial score (nSPS) is 17.0. The number of hydrogen-bond acceptors (Lipinski definition) is 5. The van der Waals surface area contributed by atoms with Crippen molar-refractivity contribution in [2.45, 2.75) is 22.1 Å². The first-order valence-corrected chi connectivity index (χ1v) is 10.4. The summed E-state index contributed by atoms with van der Waals surface area (Å²) in [6.45, 7) is 0. The Morgan fingerprint density at radius 2 is 1.38 bits per heavy atom. The van der Waals surface area contributed by atoms with Crippen molar-refractivity contribution in [1.29, 1.82) is 0 Å². The van der Waals surface area contributed by atoms with Crippen molar-refractivity contribution >= 4 is 21.7 Å². The SMILES string of the molecule is O=C1CC(c2ccccc2S(=O)(=O)c2ccc(-c3ccccc3)cc2)C(=O)N1O. The molecule has 0 saturated carbocycles. The number of nitrogens with zero attached hydrogens (tertiary/aromatic N) is 1. The molecule has 3 aromatic carbocycles. The smallest absolute Gasteiger partial charge is 0.261 e. The van der Waals surface area contributed by atoms with E-state index < -0.39 is 27.6 Å². The highest BCUT2D eigenvalue weighted by Gasteiger charge is 2.41. The molecular weight excluding hydrogens is 390 g/mol. The van der Waals surface area contributed by atoms with Crippen LogP contribution in [-0.4, -0.2) is 30.5 Å². The number of carbonyl (C=O) groups is 2. The lowest BCUT2D eigenvalue weighted by molar-refractivity contribution is -0.171. The van der Waals surface area contributed by atoms with Crippen LogP contribution in [0.2, 0.25) is 0 Å². The van der Waals surface area contributed by atoms with Crippen molar-refractivity contribution in [3.8, 4) is 11.1 Å². The molecule has 1 saturated heterocycles. The van der Waals surface area contributed by atoms with Crippen LogP contribution in [-0.2, 0) is 19.4 Å². The molecule has 29 heavy (non-hydrogen) atoms. The van der Waals surface area contributed by atoms with Crippen LogP contribution >= 0.6 is 0 Å². The van der Waals surface area contributed by atoms with Crippen LogP contribution in [0.3, 0.4) is 0 Å². The average Bonchev–Trinajstić information content (AvgIpc) is 3.01. The topological polar surface area (TPSA) is 91.8 Å². The third kappa shape index (κ3) is 3.35. The van der Waals surface area contributed by atoms with Gasteiger partial charge in [0, 0.05) is 6.42 Å². The fourth-order valence-corrected chi connectivity index (χ4v) is 4.99. The summed E-state index contributed by atoms with van der Waals surface area (Å²) in [5.41, 5.74) is 2.05. The van der Waals surface area contributed by atoms with Gasteiger partial charge in [0.2, 0.25) is 9.84 Å². The zero-order valence-electron chi connectivity index (χ0n) is 15.2. The molecule has 1 N–H and O–H groups in total. The molecule has 3 aromatic rings. The summed E-state index contributed by atoms with van der Waals surface area (Å²) < 4.78 is 26.5. The molecule has 1 heterocycles. The van der Waals surface area contributed by atoms with Gasteiger partial charge in [-0.2, -0.15) is 5.06 Å². The van der Waals surface area contributed by atoms with E-state index in [4.69, 9.17) is 0 Å². The highest BCUT2D eigenvalue weighted by atomic mass is 32.2. The maximum Gasteiger partial charge on any atom is 0.261 e. The minimum atomic E-state index is -3.93. The van der Waals surface area contributed by atoms with Gasteiger partial charge in [0.1, 0.15) is 0 Å². The first-order valence-electron chi connectivity index (χ1n) is 8.95. The zero-order valence-corrected chi connectivity index (χ0v) is 16.0. The highest BCUT2D eigenvalue weighted by Crippen LogP contribution is 2.35. The molecule has 1 fully saturated rings. The Hall–Kier alpha value is -3.29. The summed E-state index contributed by atoms with van der Waals surface area (Å²) in [4.78, 5) is 23.9. The summed E-state index contributed by atoms with van der Waals surface area (Å²) in [7, 11) is -3.93. The molecule has 1 atom stereocenters. The second-order valence-electron chi connectivity index (χ2n) is 6.73. The molecule has 146 valence electrons. The molecule has 0 bridgehead atoms. The van der Waals surface area contributed by atoms with E-state index in [1.807, 2.05) is 30.3 Å². The summed E-state index contributed by atoms with van der Waals surface area (Å²) in [6.07, 6.45) is -0.269. The van der Waals surface area contributed by atoms with E-state index in [1.54, 1.807) is 24.3 Å². The number of hydroxylamine groups is 2. The van der Waals surface area contributed by atoms with Gasteiger partial charge in [0.25, 0.3) is 11.8 Å². The Morgan fingerprint density at radius 3 is 2.00 bits per heavy atom. The lowest BCUT2D eigenvalue weighted by Gasteiger charge is -2.14. The first-order chi connectivity index (χ1) is 13.9. The van der Waals surface area contributed by atoms with Gasteiger partial charge in [-0.25, -0.2) is 8.42 Å². The average molecular weight is 407 g/mol. The maximum absolute atomic E-state index is 13.3. The van der Waals surface area contributed by atoms with E-state index in [9.17, 15) is 23.2 Å². The molecule has 6 nitrogen and oxygen atoms in total. The van der Waals surface area contributed by atoms with Crippen LogP contribution in [0.5, 0.6) is 0 Å². The Kier molecular flexibility index (Phi) is 4.77. The third-order valence-corrected chi connectivity index (χ3v) is 6.82. The van der Waals surface area contributed by atoms with Gasteiger partial charge < -0.3 is 0 Å². The second-order valence-corrected chi connectivity index (χ2v) is 8.65. The molecule has 4 rings (SSSR count). The van der Waals surface area contributed by atoms with E-state index in [0.29, 0.717) is 0 Å². The van der Waals surface area contributed by atoms with Gasteiger partial charge in [-0.05, 0) is 34.9 Å². The van der Waals surface area contributed by atoms with Crippen LogP contribution in [0.1, 0.15) is 17.9 Å². The van der Waals surface area contributed by atoms with Gasteiger partial charge in [-0.1, -0.05) is 60.7 Å². The second kappa shape index (κ2) is 7.27. The summed E-state index contributed by atoms with van der Waals surface area (Å²) in [5, 5.41) is 9.59. The molecule has 0 aliphatic carbocycles. The number of rotatable bonds is 4. The predicted octanol–water partition coefficient (Wildman–Crippen LogP) is 3.42. The van der Waals surface area contributed by atoms with Crippen molar-refractivity contribution in [3.63, 3.8) is 0 Å². The van der Waals surface area contributed by atoms with Crippen LogP contribution < -0.4 is 0 Å². The molecule has 0 aromatic heterocycles.